The Kier molecular flexibility index (Phi) is 6.86. The van der Waals surface area contributed by atoms with E-state index < -0.39 is 0 Å². The molecule has 1 saturated heterocycles. The average Bonchev–Trinajstić information content (AvgIpc) is 3.51. The van der Waals surface area contributed by atoms with Gasteiger partial charge in [0, 0.05) is 45.5 Å². The minimum absolute atomic E-state index is 0.0235. The van der Waals surface area contributed by atoms with Crippen molar-refractivity contribution in [1.82, 2.24) is 19.7 Å². The zero-order valence-electron chi connectivity index (χ0n) is 18.8. The van der Waals surface area contributed by atoms with Crippen molar-refractivity contribution in [3.05, 3.63) is 89.4 Å². The standard InChI is InChI=1S/C27H30N4OS/c32-27(25-11-12-26(33-25)31-16-13-23-9-4-5-10-24(23)31)28-14-6-15-29-17-19-30(20-18-29)21-22-7-2-1-3-8-22/h1-5,7-13,16H,6,14-15,17-21H2,(H,28,32). The first-order chi connectivity index (χ1) is 16.3. The summed E-state index contributed by atoms with van der Waals surface area (Å²) >= 11 is 1.54. The van der Waals surface area contributed by atoms with E-state index in [4.69, 9.17) is 0 Å². The molecule has 1 amide bonds. The fourth-order valence-corrected chi connectivity index (χ4v) is 5.38. The number of aromatic nitrogens is 1. The Morgan fingerprint density at radius 3 is 2.45 bits per heavy atom. The molecule has 0 aliphatic carbocycles. The summed E-state index contributed by atoms with van der Waals surface area (Å²) < 4.78 is 2.15. The largest absolute Gasteiger partial charge is 0.351 e. The molecule has 2 aromatic heterocycles. The van der Waals surface area contributed by atoms with Crippen LogP contribution in [0.25, 0.3) is 15.9 Å². The summed E-state index contributed by atoms with van der Waals surface area (Å²) in [7, 11) is 0. The van der Waals surface area contributed by atoms with Crippen LogP contribution in [0, 0.1) is 0 Å². The summed E-state index contributed by atoms with van der Waals surface area (Å²) in [6.45, 7) is 7.18. The van der Waals surface area contributed by atoms with E-state index in [1.807, 2.05) is 24.3 Å². The topological polar surface area (TPSA) is 40.5 Å². The molecule has 0 spiro atoms. The van der Waals surface area contributed by atoms with Gasteiger partial charge < -0.3 is 14.8 Å². The maximum atomic E-state index is 12.6. The summed E-state index contributed by atoms with van der Waals surface area (Å²) in [5, 5.41) is 5.37. The smallest absolute Gasteiger partial charge is 0.261 e. The van der Waals surface area contributed by atoms with Crippen molar-refractivity contribution >= 4 is 28.1 Å². The molecule has 4 aromatic rings. The van der Waals surface area contributed by atoms with Crippen LogP contribution in [0.4, 0.5) is 0 Å². The number of benzene rings is 2. The number of nitrogens with zero attached hydrogens (tertiary/aromatic N) is 3. The number of hydrogen-bond acceptors (Lipinski definition) is 4. The van der Waals surface area contributed by atoms with Gasteiger partial charge >= 0.3 is 0 Å². The molecule has 1 aliphatic rings. The quantitative estimate of drug-likeness (QED) is 0.392. The molecule has 0 unspecified atom stereocenters. The van der Waals surface area contributed by atoms with Gasteiger partial charge in [0.15, 0.2) is 0 Å². The van der Waals surface area contributed by atoms with Gasteiger partial charge in [0.2, 0.25) is 0 Å². The third-order valence-corrected chi connectivity index (χ3v) is 7.39. The van der Waals surface area contributed by atoms with Crippen LogP contribution < -0.4 is 5.32 Å². The van der Waals surface area contributed by atoms with Crippen LogP contribution >= 0.6 is 11.3 Å². The van der Waals surface area contributed by atoms with E-state index in [0.29, 0.717) is 6.54 Å². The molecule has 33 heavy (non-hydrogen) atoms. The monoisotopic (exact) mass is 458 g/mol. The SMILES string of the molecule is O=C(NCCCN1CCN(Cc2ccccc2)CC1)c1ccc(-n2ccc3ccccc32)s1. The highest BCUT2D eigenvalue weighted by Gasteiger charge is 2.17. The summed E-state index contributed by atoms with van der Waals surface area (Å²) in [5.74, 6) is 0.0235. The maximum Gasteiger partial charge on any atom is 0.261 e. The van der Waals surface area contributed by atoms with Crippen molar-refractivity contribution in [2.75, 3.05) is 39.3 Å². The highest BCUT2D eigenvalue weighted by atomic mass is 32.1. The Bertz CT molecular complexity index is 1190. The van der Waals surface area contributed by atoms with Gasteiger partial charge in [-0.15, -0.1) is 11.3 Å². The van der Waals surface area contributed by atoms with Crippen LogP contribution in [0.2, 0.25) is 0 Å². The minimum Gasteiger partial charge on any atom is -0.351 e. The number of fused-ring (bicyclic) bond motifs is 1. The molecule has 6 heteroatoms. The molecular weight excluding hydrogens is 428 g/mol. The van der Waals surface area contributed by atoms with Crippen molar-refractivity contribution in [2.45, 2.75) is 13.0 Å². The number of thiophene rings is 1. The molecule has 1 aliphatic heterocycles. The van der Waals surface area contributed by atoms with E-state index in [1.165, 1.54) is 22.3 Å². The average molecular weight is 459 g/mol. The van der Waals surface area contributed by atoms with Gasteiger partial charge in [0.1, 0.15) is 5.00 Å². The first-order valence-electron chi connectivity index (χ1n) is 11.7. The fraction of sp³-hybridized carbons (Fsp3) is 0.296. The number of nitrogens with one attached hydrogen (secondary N) is 1. The lowest BCUT2D eigenvalue weighted by Crippen LogP contribution is -2.46. The van der Waals surface area contributed by atoms with Crippen molar-refractivity contribution in [3.63, 3.8) is 0 Å². The van der Waals surface area contributed by atoms with E-state index in [0.717, 1.165) is 61.1 Å². The zero-order chi connectivity index (χ0) is 22.5. The third-order valence-electron chi connectivity index (χ3n) is 6.30. The Balaban J connectivity index is 1.04. The Hall–Kier alpha value is -2.93. The minimum atomic E-state index is 0.0235. The van der Waals surface area contributed by atoms with Gasteiger partial charge in [-0.3, -0.25) is 9.69 Å². The van der Waals surface area contributed by atoms with E-state index in [-0.39, 0.29) is 5.91 Å². The number of hydrogen-bond donors (Lipinski definition) is 1. The van der Waals surface area contributed by atoms with Gasteiger partial charge in [-0.2, -0.15) is 0 Å². The number of para-hydroxylation sites is 1. The zero-order valence-corrected chi connectivity index (χ0v) is 19.6. The van der Waals surface area contributed by atoms with E-state index in [9.17, 15) is 4.79 Å². The lowest BCUT2D eigenvalue weighted by molar-refractivity contribution is 0.0951. The predicted molar refractivity (Wildman–Crippen MR) is 136 cm³/mol. The van der Waals surface area contributed by atoms with Crippen LogP contribution in [-0.4, -0.2) is 59.5 Å². The summed E-state index contributed by atoms with van der Waals surface area (Å²) in [5.41, 5.74) is 2.55. The Morgan fingerprint density at radius 1 is 0.848 bits per heavy atom. The molecule has 0 atom stereocenters. The lowest BCUT2D eigenvalue weighted by Gasteiger charge is -2.34. The van der Waals surface area contributed by atoms with Crippen LogP contribution in [0.1, 0.15) is 21.7 Å². The van der Waals surface area contributed by atoms with Crippen LogP contribution in [0.15, 0.2) is 79.0 Å². The molecule has 0 saturated carbocycles. The second-order valence-corrected chi connectivity index (χ2v) is 9.66. The number of carbonyl (C=O) groups is 1. The molecule has 0 bridgehead atoms. The second kappa shape index (κ2) is 10.3. The first kappa shape index (κ1) is 21.9. The molecule has 5 nitrogen and oxygen atoms in total. The fourth-order valence-electron chi connectivity index (χ4n) is 4.46. The van der Waals surface area contributed by atoms with E-state index >= 15 is 0 Å². The number of piperazine rings is 1. The molecule has 3 heterocycles. The normalized spacial score (nSPS) is 15.2. The first-order valence-corrected chi connectivity index (χ1v) is 12.5. The van der Waals surface area contributed by atoms with E-state index in [1.54, 1.807) is 0 Å². The Morgan fingerprint density at radius 2 is 1.61 bits per heavy atom. The van der Waals surface area contributed by atoms with Crippen LogP contribution in [-0.2, 0) is 6.54 Å². The number of carbonyl (C=O) groups excluding carboxylic acids is 1. The maximum absolute atomic E-state index is 12.6. The lowest BCUT2D eigenvalue weighted by atomic mass is 10.2. The molecule has 5 rings (SSSR count). The van der Waals surface area contributed by atoms with Gasteiger partial charge in [0.25, 0.3) is 5.91 Å². The summed E-state index contributed by atoms with van der Waals surface area (Å²) in [6, 6.07) is 25.1. The van der Waals surface area contributed by atoms with Gasteiger partial charge in [-0.05, 0) is 48.2 Å². The van der Waals surface area contributed by atoms with Crippen molar-refractivity contribution in [2.24, 2.45) is 0 Å². The molecule has 0 radical (unpaired) electrons. The summed E-state index contributed by atoms with van der Waals surface area (Å²) in [4.78, 5) is 18.4. The molecular formula is C27H30N4OS. The number of amides is 1. The predicted octanol–water partition coefficient (Wildman–Crippen LogP) is 4.63. The van der Waals surface area contributed by atoms with Crippen LogP contribution in [0.3, 0.4) is 0 Å². The van der Waals surface area contributed by atoms with Crippen molar-refractivity contribution < 1.29 is 4.79 Å². The molecule has 170 valence electrons. The van der Waals surface area contributed by atoms with Gasteiger partial charge in [-0.1, -0.05) is 48.5 Å². The highest BCUT2D eigenvalue weighted by molar-refractivity contribution is 7.16. The molecule has 1 fully saturated rings. The third kappa shape index (κ3) is 5.36. The molecule has 1 N–H and O–H groups in total. The summed E-state index contributed by atoms with van der Waals surface area (Å²) in [6.07, 6.45) is 3.04. The highest BCUT2D eigenvalue weighted by Crippen LogP contribution is 2.26. The Labute approximate surface area is 199 Å². The van der Waals surface area contributed by atoms with Crippen molar-refractivity contribution in [1.29, 1.82) is 0 Å². The van der Waals surface area contributed by atoms with Crippen molar-refractivity contribution in [3.8, 4) is 5.00 Å². The van der Waals surface area contributed by atoms with Gasteiger partial charge in [0.05, 0.1) is 10.4 Å². The van der Waals surface area contributed by atoms with E-state index in [2.05, 4.69) is 74.4 Å². The number of rotatable bonds is 8. The second-order valence-electron chi connectivity index (χ2n) is 8.60. The van der Waals surface area contributed by atoms with Crippen LogP contribution in [0.5, 0.6) is 0 Å². The molecule has 2 aromatic carbocycles. The van der Waals surface area contributed by atoms with Gasteiger partial charge in [-0.25, -0.2) is 0 Å².